The molecule has 3 heterocycles. The molecular weight excluding hydrogens is 376 g/mol. The Bertz CT molecular complexity index is 677. The third-order valence-corrected chi connectivity index (χ3v) is 16.5. The minimum Gasteiger partial charge on any atom is -0.459 e. The Morgan fingerprint density at radius 1 is 1.15 bits per heavy atom. The van der Waals surface area contributed by atoms with Gasteiger partial charge in [0.2, 0.25) is 0 Å². The lowest BCUT2D eigenvalue weighted by Crippen LogP contribution is -2.68. The van der Waals surface area contributed by atoms with Gasteiger partial charge in [-0.1, -0.05) is 54.6 Å². The zero-order chi connectivity index (χ0) is 20.2. The van der Waals surface area contributed by atoms with Crippen molar-refractivity contribution >= 4 is 22.6 Å². The Labute approximate surface area is 165 Å². The van der Waals surface area contributed by atoms with Gasteiger partial charge >= 0.3 is 14.5 Å². The smallest absolute Gasteiger partial charge is 0.349 e. The molecule has 1 aliphatic carbocycles. The highest BCUT2D eigenvalue weighted by Crippen LogP contribution is 2.76. The molecule has 1 unspecified atom stereocenters. The van der Waals surface area contributed by atoms with Crippen molar-refractivity contribution in [3.05, 3.63) is 12.3 Å². The summed E-state index contributed by atoms with van der Waals surface area (Å²) >= 11 is 0. The van der Waals surface area contributed by atoms with Crippen molar-refractivity contribution in [1.82, 2.24) is 0 Å². The van der Waals surface area contributed by atoms with Crippen LogP contribution in [0.5, 0.6) is 0 Å². The van der Waals surface area contributed by atoms with E-state index in [0.29, 0.717) is 6.61 Å². The molecule has 0 N–H and O–H groups in total. The van der Waals surface area contributed by atoms with Gasteiger partial charge in [0.05, 0.1) is 25.8 Å². The molecule has 0 aromatic rings. The average molecular weight is 411 g/mol. The minimum atomic E-state index is -2.63. The quantitative estimate of drug-likeness (QED) is 0.510. The Balaban J connectivity index is 1.71. The third kappa shape index (κ3) is 2.18. The van der Waals surface area contributed by atoms with E-state index in [4.69, 9.17) is 18.3 Å². The first-order chi connectivity index (χ1) is 12.2. The summed E-state index contributed by atoms with van der Waals surface area (Å²) in [5, 5.41) is -0.704. The van der Waals surface area contributed by atoms with Crippen molar-refractivity contribution in [2.75, 3.05) is 6.61 Å². The van der Waals surface area contributed by atoms with E-state index in [1.807, 2.05) is 5.70 Å². The molecule has 6 atom stereocenters. The molecule has 4 rings (SSSR count). The van der Waals surface area contributed by atoms with Gasteiger partial charge in [-0.05, 0) is 0 Å². The van der Waals surface area contributed by atoms with Crippen LogP contribution in [-0.4, -0.2) is 53.6 Å². The van der Waals surface area contributed by atoms with Gasteiger partial charge in [0, 0.05) is 16.0 Å². The van der Waals surface area contributed by atoms with E-state index >= 15 is 0 Å². The summed E-state index contributed by atoms with van der Waals surface area (Å²) in [7, 11) is -4.66. The van der Waals surface area contributed by atoms with Crippen LogP contribution in [0.2, 0.25) is 28.2 Å². The molecule has 4 fully saturated rings. The summed E-state index contributed by atoms with van der Waals surface area (Å²) in [4.78, 5) is 13.0. The second-order valence-electron chi connectivity index (χ2n) is 11.3. The van der Waals surface area contributed by atoms with Gasteiger partial charge in [-0.25, -0.2) is 0 Å². The lowest BCUT2D eigenvalue weighted by molar-refractivity contribution is -0.201. The van der Waals surface area contributed by atoms with Crippen LogP contribution in [0.25, 0.3) is 0 Å². The topological polar surface area (TPSA) is 54.0 Å². The SMILES string of the molecule is C=C[Si](C)(C)C12C(=O)O[C@H]3[C@@H]4O[Si](C(C)(C)C)(C(C)(C)C)OC[C@H]4O[C@@H]1[C@H]32. The number of hydrogen-bond donors (Lipinski definition) is 0. The number of ether oxygens (including phenoxy) is 2. The summed E-state index contributed by atoms with van der Waals surface area (Å²) in [6, 6.07) is 0. The van der Waals surface area contributed by atoms with Crippen molar-refractivity contribution < 1.29 is 23.1 Å². The Morgan fingerprint density at radius 2 is 1.74 bits per heavy atom. The summed E-state index contributed by atoms with van der Waals surface area (Å²) in [6.45, 7) is 22.1. The molecule has 0 aromatic carbocycles. The van der Waals surface area contributed by atoms with Gasteiger partial charge in [-0.3, -0.25) is 4.79 Å². The van der Waals surface area contributed by atoms with E-state index in [9.17, 15) is 4.79 Å². The third-order valence-electron chi connectivity index (χ3n) is 7.44. The predicted octanol–water partition coefficient (Wildman–Crippen LogP) is 3.94. The molecular formula is C20H34O5Si2. The number of rotatable bonds is 2. The zero-order valence-corrected chi connectivity index (χ0v) is 19.9. The molecule has 0 amide bonds. The average Bonchev–Trinajstić information content (AvgIpc) is 3.11. The van der Waals surface area contributed by atoms with E-state index < -0.39 is 21.7 Å². The molecule has 1 saturated carbocycles. The standard InChI is InChI=1S/C20H34O5Si2/c1-10-26(8,9)20-13-15(24-17(20)21)14-12(23-16(13)20)11-22-27(25-14,18(2,3)4)19(5,6)7/h10,12-16H,1,11H2,2-9H3/t12-,13+,14-,15-,16-,20?/m1/s1. The van der Waals surface area contributed by atoms with Crippen LogP contribution in [0.4, 0.5) is 0 Å². The molecule has 7 heteroatoms. The molecule has 3 saturated heterocycles. The van der Waals surface area contributed by atoms with Crippen LogP contribution in [0.1, 0.15) is 41.5 Å². The summed E-state index contributed by atoms with van der Waals surface area (Å²) < 4.78 is 25.9. The first kappa shape index (κ1) is 19.8. The second-order valence-corrected chi connectivity index (χ2v) is 20.7. The molecule has 0 spiro atoms. The van der Waals surface area contributed by atoms with Crippen LogP contribution in [0.3, 0.4) is 0 Å². The number of esters is 1. The van der Waals surface area contributed by atoms with E-state index in [-0.39, 0.29) is 46.4 Å². The van der Waals surface area contributed by atoms with Gasteiger partial charge in [0.1, 0.15) is 18.3 Å². The maximum Gasteiger partial charge on any atom is 0.349 e. The van der Waals surface area contributed by atoms with Crippen molar-refractivity contribution in [2.24, 2.45) is 5.92 Å². The maximum absolute atomic E-state index is 13.0. The molecule has 0 bridgehead atoms. The highest BCUT2D eigenvalue weighted by Gasteiger charge is 2.87. The van der Waals surface area contributed by atoms with Crippen molar-refractivity contribution in [2.45, 2.75) is 94.2 Å². The minimum absolute atomic E-state index is 0.0599. The van der Waals surface area contributed by atoms with Crippen LogP contribution in [-0.2, 0) is 23.1 Å². The molecule has 4 aliphatic rings. The Hall–Kier alpha value is -0.476. The van der Waals surface area contributed by atoms with Gasteiger partial charge < -0.3 is 18.3 Å². The van der Waals surface area contributed by atoms with Crippen molar-refractivity contribution in [3.8, 4) is 0 Å². The van der Waals surface area contributed by atoms with E-state index in [2.05, 4.69) is 61.2 Å². The maximum atomic E-state index is 13.0. The summed E-state index contributed by atoms with van der Waals surface area (Å²) in [5.41, 5.74) is 2.00. The van der Waals surface area contributed by atoms with Gasteiger partial charge in [0.25, 0.3) is 0 Å². The fraction of sp³-hybridized carbons (Fsp3) is 0.850. The van der Waals surface area contributed by atoms with E-state index in [1.54, 1.807) is 0 Å². The Kier molecular flexibility index (Phi) is 3.93. The number of carbonyl (C=O) groups excluding carboxylic acids is 1. The summed E-state index contributed by atoms with van der Waals surface area (Å²) in [6.07, 6.45) is -0.664. The number of carbonyl (C=O) groups is 1. The van der Waals surface area contributed by atoms with Gasteiger partial charge in [-0.2, -0.15) is 0 Å². The molecule has 0 aromatic heterocycles. The molecule has 5 nitrogen and oxygen atoms in total. The first-order valence-electron chi connectivity index (χ1n) is 10.1. The van der Waals surface area contributed by atoms with Crippen LogP contribution in [0, 0.1) is 5.92 Å². The van der Waals surface area contributed by atoms with Gasteiger partial charge in [-0.15, -0.1) is 12.3 Å². The van der Waals surface area contributed by atoms with Crippen LogP contribution in [0.15, 0.2) is 12.3 Å². The number of fused-ring (bicyclic) bond motifs is 3. The van der Waals surface area contributed by atoms with E-state index in [1.165, 1.54) is 0 Å². The molecule has 27 heavy (non-hydrogen) atoms. The largest absolute Gasteiger partial charge is 0.459 e. The monoisotopic (exact) mass is 410 g/mol. The lowest BCUT2D eigenvalue weighted by Gasteiger charge is -2.56. The second kappa shape index (κ2) is 5.36. The molecule has 152 valence electrons. The molecule has 3 aliphatic heterocycles. The fourth-order valence-corrected chi connectivity index (χ4v) is 14.1. The lowest BCUT2D eigenvalue weighted by atomic mass is 10.0. The van der Waals surface area contributed by atoms with Crippen LogP contribution >= 0.6 is 0 Å². The molecule has 0 radical (unpaired) electrons. The Morgan fingerprint density at radius 3 is 2.26 bits per heavy atom. The normalized spacial score (nSPS) is 42.8. The van der Waals surface area contributed by atoms with Crippen molar-refractivity contribution in [3.63, 3.8) is 0 Å². The van der Waals surface area contributed by atoms with E-state index in [0.717, 1.165) is 0 Å². The summed E-state index contributed by atoms with van der Waals surface area (Å²) in [5.74, 6) is 0.0158. The highest BCUT2D eigenvalue weighted by molar-refractivity contribution is 6.89. The predicted molar refractivity (Wildman–Crippen MR) is 108 cm³/mol. The highest BCUT2D eigenvalue weighted by atomic mass is 28.4. The van der Waals surface area contributed by atoms with Gasteiger partial charge in [0.15, 0.2) is 0 Å². The fourth-order valence-electron chi connectivity index (χ4n) is 6.14. The zero-order valence-electron chi connectivity index (χ0n) is 17.9. The first-order valence-corrected chi connectivity index (χ1v) is 15.0. The van der Waals surface area contributed by atoms with Crippen LogP contribution < -0.4 is 0 Å². The number of hydrogen-bond acceptors (Lipinski definition) is 5. The van der Waals surface area contributed by atoms with Crippen molar-refractivity contribution in [1.29, 1.82) is 0 Å².